The van der Waals surface area contributed by atoms with Crippen LogP contribution in [-0.4, -0.2) is 26.2 Å². The molecule has 5 nitrogen and oxygen atoms in total. The molecule has 2 aromatic carbocycles. The minimum atomic E-state index is -0.563. The number of benzene rings is 2. The van der Waals surface area contributed by atoms with Crippen LogP contribution in [0.15, 0.2) is 30.3 Å². The Morgan fingerprint density at radius 2 is 1.42 bits per heavy atom. The van der Waals surface area contributed by atoms with Crippen molar-refractivity contribution >= 4 is 5.78 Å². The first-order chi connectivity index (χ1) is 8.88. The summed E-state index contributed by atoms with van der Waals surface area (Å²) in [5.41, 5.74) is 0.462. The lowest BCUT2D eigenvalue weighted by atomic mass is 9.99. The molecule has 0 atom stereocenters. The topological polar surface area (TPSA) is 98.0 Å². The first kappa shape index (κ1) is 12.8. The summed E-state index contributed by atoms with van der Waals surface area (Å²) in [6.45, 7) is 1.59. The zero-order chi connectivity index (χ0) is 14.2. The molecule has 0 heterocycles. The molecule has 0 aliphatic heterocycles. The lowest BCUT2D eigenvalue weighted by Gasteiger charge is -2.07. The molecule has 98 valence electrons. The molecule has 0 saturated heterocycles. The summed E-state index contributed by atoms with van der Waals surface area (Å²) < 4.78 is 0. The van der Waals surface area contributed by atoms with Gasteiger partial charge < -0.3 is 20.4 Å². The molecular weight excluding hydrogens is 248 g/mol. The molecule has 0 aromatic heterocycles. The highest BCUT2D eigenvalue weighted by Crippen LogP contribution is 2.30. The van der Waals surface area contributed by atoms with Gasteiger partial charge in [0.1, 0.15) is 23.0 Å². The highest BCUT2D eigenvalue weighted by Gasteiger charge is 2.17. The second-order valence-corrected chi connectivity index (χ2v) is 4.22. The van der Waals surface area contributed by atoms with Crippen molar-refractivity contribution in [3.63, 3.8) is 0 Å². The molecule has 5 heteroatoms. The van der Waals surface area contributed by atoms with Crippen molar-refractivity contribution in [1.29, 1.82) is 0 Å². The number of phenolic OH excluding ortho intramolecular Hbond substituents is 4. The largest absolute Gasteiger partial charge is 0.508 e. The van der Waals surface area contributed by atoms with Crippen LogP contribution < -0.4 is 0 Å². The molecule has 0 bridgehead atoms. The van der Waals surface area contributed by atoms with E-state index in [2.05, 4.69) is 0 Å². The Morgan fingerprint density at radius 3 is 2.00 bits per heavy atom. The quantitative estimate of drug-likeness (QED) is 0.619. The summed E-state index contributed by atoms with van der Waals surface area (Å²) in [6, 6.07) is 5.88. The maximum atomic E-state index is 12.2. The second-order valence-electron chi connectivity index (χ2n) is 4.22. The molecule has 2 rings (SSSR count). The summed E-state index contributed by atoms with van der Waals surface area (Å²) >= 11 is 0. The van der Waals surface area contributed by atoms with Crippen LogP contribution in [-0.2, 0) is 0 Å². The van der Waals surface area contributed by atoms with E-state index in [-0.39, 0.29) is 34.1 Å². The fourth-order valence-corrected chi connectivity index (χ4v) is 1.75. The third kappa shape index (κ3) is 2.44. The van der Waals surface area contributed by atoms with E-state index in [0.717, 1.165) is 12.1 Å². The second kappa shape index (κ2) is 4.53. The van der Waals surface area contributed by atoms with Crippen molar-refractivity contribution in [1.82, 2.24) is 0 Å². The lowest BCUT2D eigenvalue weighted by Crippen LogP contribution is -2.02. The van der Waals surface area contributed by atoms with E-state index in [1.165, 1.54) is 18.2 Å². The van der Waals surface area contributed by atoms with E-state index in [1.807, 2.05) is 0 Å². The van der Waals surface area contributed by atoms with Gasteiger partial charge in [0.25, 0.3) is 0 Å². The third-order valence-corrected chi connectivity index (χ3v) is 2.72. The van der Waals surface area contributed by atoms with Gasteiger partial charge in [-0.3, -0.25) is 4.79 Å². The molecule has 0 spiro atoms. The maximum absolute atomic E-state index is 12.2. The average Bonchev–Trinajstić information content (AvgIpc) is 2.31. The highest BCUT2D eigenvalue weighted by molar-refractivity contribution is 6.11. The van der Waals surface area contributed by atoms with Crippen LogP contribution in [0.25, 0.3) is 0 Å². The number of carbonyl (C=O) groups excluding carboxylic acids is 1. The number of aryl methyl sites for hydroxylation is 1. The predicted octanol–water partition coefficient (Wildman–Crippen LogP) is 2.05. The number of carbonyl (C=O) groups is 1. The minimum absolute atomic E-state index is 0.0136. The van der Waals surface area contributed by atoms with Gasteiger partial charge in [0.15, 0.2) is 5.78 Å². The van der Waals surface area contributed by atoms with Gasteiger partial charge in [0, 0.05) is 17.7 Å². The first-order valence-electron chi connectivity index (χ1n) is 5.49. The van der Waals surface area contributed by atoms with E-state index in [1.54, 1.807) is 6.92 Å². The van der Waals surface area contributed by atoms with Gasteiger partial charge in [-0.05, 0) is 30.7 Å². The summed E-state index contributed by atoms with van der Waals surface area (Å²) in [5.74, 6) is -1.55. The number of rotatable bonds is 2. The van der Waals surface area contributed by atoms with Crippen molar-refractivity contribution in [2.45, 2.75) is 6.92 Å². The maximum Gasteiger partial charge on any atom is 0.197 e. The van der Waals surface area contributed by atoms with E-state index in [0.29, 0.717) is 5.56 Å². The van der Waals surface area contributed by atoms with Crippen molar-refractivity contribution in [2.24, 2.45) is 0 Å². The van der Waals surface area contributed by atoms with Crippen molar-refractivity contribution < 1.29 is 25.2 Å². The third-order valence-electron chi connectivity index (χ3n) is 2.72. The number of phenols is 4. The van der Waals surface area contributed by atoms with Crippen molar-refractivity contribution in [3.05, 3.63) is 47.0 Å². The minimum Gasteiger partial charge on any atom is -0.508 e. The monoisotopic (exact) mass is 260 g/mol. The summed E-state index contributed by atoms with van der Waals surface area (Å²) in [4.78, 5) is 12.2. The van der Waals surface area contributed by atoms with Crippen molar-refractivity contribution in [3.8, 4) is 23.0 Å². The fourth-order valence-electron chi connectivity index (χ4n) is 1.75. The molecule has 19 heavy (non-hydrogen) atoms. The van der Waals surface area contributed by atoms with Crippen LogP contribution in [0.1, 0.15) is 21.5 Å². The zero-order valence-corrected chi connectivity index (χ0v) is 10.1. The number of ketones is 1. The lowest BCUT2D eigenvalue weighted by molar-refractivity contribution is 0.103. The predicted molar refractivity (Wildman–Crippen MR) is 67.7 cm³/mol. The summed E-state index contributed by atoms with van der Waals surface area (Å²) in [6.07, 6.45) is 0. The molecule has 0 fully saturated rings. The van der Waals surface area contributed by atoms with E-state index in [4.69, 9.17) is 0 Å². The van der Waals surface area contributed by atoms with Gasteiger partial charge in [0.2, 0.25) is 0 Å². The van der Waals surface area contributed by atoms with E-state index in [9.17, 15) is 25.2 Å². The standard InChI is InChI=1S/C14H12O5/c1-7-2-11(13(18)6-12(7)17)14(19)8-3-9(15)5-10(16)4-8/h2-6,15-18H,1H3. The van der Waals surface area contributed by atoms with Gasteiger partial charge in [-0.2, -0.15) is 0 Å². The SMILES string of the molecule is Cc1cc(C(=O)c2cc(O)cc(O)c2)c(O)cc1O. The molecular formula is C14H12O5. The Balaban J connectivity index is 2.53. The van der Waals surface area contributed by atoms with Crippen LogP contribution >= 0.6 is 0 Å². The Morgan fingerprint density at radius 1 is 0.842 bits per heavy atom. The Labute approximate surface area is 109 Å². The molecule has 4 N–H and O–H groups in total. The molecule has 0 aliphatic rings. The fraction of sp³-hybridized carbons (Fsp3) is 0.0714. The highest BCUT2D eigenvalue weighted by atomic mass is 16.3. The van der Waals surface area contributed by atoms with Crippen LogP contribution in [0.2, 0.25) is 0 Å². The van der Waals surface area contributed by atoms with Gasteiger partial charge in [-0.25, -0.2) is 0 Å². The molecule has 0 saturated carbocycles. The number of hydrogen-bond donors (Lipinski definition) is 4. The number of aromatic hydroxyl groups is 4. The first-order valence-corrected chi connectivity index (χ1v) is 5.49. The van der Waals surface area contributed by atoms with E-state index < -0.39 is 5.78 Å². The van der Waals surface area contributed by atoms with Crippen LogP contribution in [0.3, 0.4) is 0 Å². The molecule has 0 radical (unpaired) electrons. The number of hydrogen-bond acceptors (Lipinski definition) is 5. The Kier molecular flexibility index (Phi) is 3.04. The van der Waals surface area contributed by atoms with Gasteiger partial charge in [-0.15, -0.1) is 0 Å². The normalized spacial score (nSPS) is 10.4. The Bertz CT molecular complexity index is 641. The Hall–Kier alpha value is -2.69. The zero-order valence-electron chi connectivity index (χ0n) is 10.1. The van der Waals surface area contributed by atoms with Crippen molar-refractivity contribution in [2.75, 3.05) is 0 Å². The molecule has 0 unspecified atom stereocenters. The summed E-state index contributed by atoms with van der Waals surface area (Å²) in [5, 5.41) is 37.8. The van der Waals surface area contributed by atoms with Crippen LogP contribution in [0, 0.1) is 6.92 Å². The molecule has 0 amide bonds. The average molecular weight is 260 g/mol. The van der Waals surface area contributed by atoms with E-state index >= 15 is 0 Å². The van der Waals surface area contributed by atoms with Gasteiger partial charge in [-0.1, -0.05) is 0 Å². The molecule has 2 aromatic rings. The van der Waals surface area contributed by atoms with Crippen LogP contribution in [0.4, 0.5) is 0 Å². The smallest absolute Gasteiger partial charge is 0.197 e. The van der Waals surface area contributed by atoms with Gasteiger partial charge >= 0.3 is 0 Å². The molecule has 0 aliphatic carbocycles. The summed E-state index contributed by atoms with van der Waals surface area (Å²) in [7, 11) is 0. The van der Waals surface area contributed by atoms with Gasteiger partial charge in [0.05, 0.1) is 5.56 Å². The van der Waals surface area contributed by atoms with Crippen LogP contribution in [0.5, 0.6) is 23.0 Å².